The summed E-state index contributed by atoms with van der Waals surface area (Å²) in [5, 5.41) is 8.98. The predicted molar refractivity (Wildman–Crippen MR) is 112 cm³/mol. The number of Topliss-reactive ketones (excluding diaryl/α,β-unsaturated/α-hetero) is 1. The van der Waals surface area contributed by atoms with Crippen LogP contribution < -0.4 is 9.47 Å². The van der Waals surface area contributed by atoms with Gasteiger partial charge in [-0.2, -0.15) is 5.26 Å². The number of ether oxygens (including phenoxy) is 2. The minimum atomic E-state index is -0.251. The highest BCUT2D eigenvalue weighted by Gasteiger charge is 2.17. The molecule has 0 radical (unpaired) electrons. The van der Waals surface area contributed by atoms with Crippen LogP contribution in [0.25, 0.3) is 0 Å². The summed E-state index contributed by atoms with van der Waals surface area (Å²) in [6.45, 7) is 4.43. The number of nitriles is 1. The average molecular weight is 406 g/mol. The van der Waals surface area contributed by atoms with Gasteiger partial charge in [-0.15, -0.1) is 0 Å². The molecular weight excluding hydrogens is 383 g/mol. The Morgan fingerprint density at radius 3 is 2.50 bits per heavy atom. The molecule has 0 fully saturated rings. The zero-order chi connectivity index (χ0) is 21.7. The SMILES string of the molecule is COc1cc(C#N)ccc1OCC(=O)c1cc(C)n(CCc2ccc(F)cc2)c1C. The molecule has 0 N–H and O–H groups in total. The maximum Gasteiger partial charge on any atom is 0.202 e. The first kappa shape index (κ1) is 21.1. The number of halogens is 1. The largest absolute Gasteiger partial charge is 0.493 e. The summed E-state index contributed by atoms with van der Waals surface area (Å²) in [5.74, 6) is 0.433. The standard InChI is InChI=1S/C24H23FN2O3/c1-16-12-21(17(2)27(16)11-10-18-4-7-20(25)8-5-18)22(28)15-30-23-9-6-19(14-26)13-24(23)29-3/h4-9,12-13H,10-11,15H2,1-3H3. The number of hydrogen-bond acceptors (Lipinski definition) is 4. The lowest BCUT2D eigenvalue weighted by Crippen LogP contribution is -2.13. The van der Waals surface area contributed by atoms with Gasteiger partial charge < -0.3 is 14.0 Å². The molecule has 154 valence electrons. The van der Waals surface area contributed by atoms with Crippen LogP contribution >= 0.6 is 0 Å². The Morgan fingerprint density at radius 2 is 1.83 bits per heavy atom. The number of rotatable bonds is 8. The summed E-state index contributed by atoms with van der Waals surface area (Å²) < 4.78 is 26.1. The molecule has 0 unspecified atom stereocenters. The zero-order valence-corrected chi connectivity index (χ0v) is 17.2. The molecule has 0 bridgehead atoms. The molecule has 2 aromatic carbocycles. The second-order valence-corrected chi connectivity index (χ2v) is 7.00. The summed E-state index contributed by atoms with van der Waals surface area (Å²) in [5.41, 5.74) is 3.95. The molecule has 5 nitrogen and oxygen atoms in total. The summed E-state index contributed by atoms with van der Waals surface area (Å²) in [7, 11) is 1.49. The van der Waals surface area contributed by atoms with Crippen molar-refractivity contribution in [3.63, 3.8) is 0 Å². The van der Waals surface area contributed by atoms with Gasteiger partial charge in [-0.25, -0.2) is 4.39 Å². The minimum Gasteiger partial charge on any atom is -0.493 e. The number of aryl methyl sites for hydroxylation is 2. The van der Waals surface area contributed by atoms with Gasteiger partial charge in [-0.3, -0.25) is 4.79 Å². The molecule has 6 heteroatoms. The van der Waals surface area contributed by atoms with Crippen molar-refractivity contribution in [2.75, 3.05) is 13.7 Å². The number of nitrogens with zero attached hydrogens (tertiary/aromatic N) is 2. The van der Waals surface area contributed by atoms with Crippen molar-refractivity contribution in [1.29, 1.82) is 5.26 Å². The number of benzene rings is 2. The fourth-order valence-corrected chi connectivity index (χ4v) is 3.40. The van der Waals surface area contributed by atoms with Crippen molar-refractivity contribution in [3.05, 3.63) is 82.4 Å². The lowest BCUT2D eigenvalue weighted by Gasteiger charge is -2.11. The van der Waals surface area contributed by atoms with Gasteiger partial charge in [0.2, 0.25) is 5.78 Å². The van der Waals surface area contributed by atoms with Crippen molar-refractivity contribution >= 4 is 5.78 Å². The Hall–Kier alpha value is -3.59. The van der Waals surface area contributed by atoms with Gasteiger partial charge in [0.05, 0.1) is 18.7 Å². The molecule has 1 heterocycles. The van der Waals surface area contributed by atoms with E-state index in [1.807, 2.05) is 26.0 Å². The molecule has 0 aliphatic rings. The molecule has 0 aliphatic heterocycles. The van der Waals surface area contributed by atoms with E-state index in [9.17, 15) is 9.18 Å². The fourth-order valence-electron chi connectivity index (χ4n) is 3.40. The van der Waals surface area contributed by atoms with Crippen LogP contribution in [0.5, 0.6) is 11.5 Å². The van der Waals surface area contributed by atoms with Gasteiger partial charge in [-0.1, -0.05) is 12.1 Å². The zero-order valence-electron chi connectivity index (χ0n) is 17.2. The second kappa shape index (κ2) is 9.27. The third kappa shape index (κ3) is 4.69. The van der Waals surface area contributed by atoms with Crippen molar-refractivity contribution in [3.8, 4) is 17.6 Å². The molecular formula is C24H23FN2O3. The molecule has 0 aliphatic carbocycles. The van der Waals surface area contributed by atoms with Gasteiger partial charge in [0.1, 0.15) is 5.82 Å². The van der Waals surface area contributed by atoms with E-state index in [0.29, 0.717) is 29.2 Å². The minimum absolute atomic E-state index is 0.134. The van der Waals surface area contributed by atoms with Crippen LogP contribution in [0.2, 0.25) is 0 Å². The number of carbonyl (C=O) groups is 1. The van der Waals surface area contributed by atoms with Crippen LogP contribution in [0.3, 0.4) is 0 Å². The van der Waals surface area contributed by atoms with E-state index >= 15 is 0 Å². The molecule has 0 spiro atoms. The van der Waals surface area contributed by atoms with Gasteiger partial charge in [-0.05, 0) is 56.2 Å². The Morgan fingerprint density at radius 1 is 1.10 bits per heavy atom. The quantitative estimate of drug-likeness (QED) is 0.512. The first-order chi connectivity index (χ1) is 14.4. The summed E-state index contributed by atoms with van der Waals surface area (Å²) in [6, 6.07) is 15.2. The van der Waals surface area contributed by atoms with Crippen LogP contribution in [0.4, 0.5) is 4.39 Å². The van der Waals surface area contributed by atoms with E-state index < -0.39 is 0 Å². The van der Waals surface area contributed by atoms with Crippen LogP contribution in [-0.4, -0.2) is 24.1 Å². The van der Waals surface area contributed by atoms with E-state index in [0.717, 1.165) is 23.4 Å². The van der Waals surface area contributed by atoms with E-state index in [4.69, 9.17) is 14.7 Å². The van der Waals surface area contributed by atoms with Crippen molar-refractivity contribution in [2.24, 2.45) is 0 Å². The molecule has 0 saturated heterocycles. The third-order valence-electron chi connectivity index (χ3n) is 5.06. The first-order valence-electron chi connectivity index (χ1n) is 9.58. The smallest absolute Gasteiger partial charge is 0.202 e. The maximum absolute atomic E-state index is 13.1. The van der Waals surface area contributed by atoms with Gasteiger partial charge in [0.15, 0.2) is 18.1 Å². The van der Waals surface area contributed by atoms with E-state index in [-0.39, 0.29) is 18.2 Å². The van der Waals surface area contributed by atoms with Crippen molar-refractivity contribution in [2.45, 2.75) is 26.8 Å². The number of hydrogen-bond donors (Lipinski definition) is 0. The number of ketones is 1. The summed E-state index contributed by atoms with van der Waals surface area (Å²) in [6.07, 6.45) is 0.739. The molecule has 1 aromatic heterocycles. The second-order valence-electron chi connectivity index (χ2n) is 7.00. The molecule has 3 aromatic rings. The highest BCUT2D eigenvalue weighted by Crippen LogP contribution is 2.28. The lowest BCUT2D eigenvalue weighted by molar-refractivity contribution is 0.0918. The highest BCUT2D eigenvalue weighted by molar-refractivity contribution is 5.98. The van der Waals surface area contributed by atoms with Gasteiger partial charge >= 0.3 is 0 Å². The van der Waals surface area contributed by atoms with Gasteiger partial charge in [0, 0.05) is 29.6 Å². The van der Waals surface area contributed by atoms with E-state index in [2.05, 4.69) is 4.57 Å². The molecule has 0 atom stereocenters. The number of carbonyl (C=O) groups excluding carboxylic acids is 1. The normalized spacial score (nSPS) is 10.5. The molecule has 30 heavy (non-hydrogen) atoms. The van der Waals surface area contributed by atoms with Crippen LogP contribution in [0, 0.1) is 31.0 Å². The number of methoxy groups -OCH3 is 1. The third-order valence-corrected chi connectivity index (χ3v) is 5.06. The Kier molecular flexibility index (Phi) is 6.53. The van der Waals surface area contributed by atoms with Gasteiger partial charge in [0.25, 0.3) is 0 Å². The Labute approximate surface area is 175 Å². The molecule has 0 amide bonds. The lowest BCUT2D eigenvalue weighted by atomic mass is 10.1. The van der Waals surface area contributed by atoms with Crippen LogP contribution in [-0.2, 0) is 13.0 Å². The monoisotopic (exact) mass is 406 g/mol. The fraction of sp³-hybridized carbons (Fsp3) is 0.250. The molecule has 0 saturated carbocycles. The maximum atomic E-state index is 13.1. The Bertz CT molecular complexity index is 1090. The highest BCUT2D eigenvalue weighted by atomic mass is 19.1. The molecule has 3 rings (SSSR count). The van der Waals surface area contributed by atoms with Crippen molar-refractivity contribution in [1.82, 2.24) is 4.57 Å². The van der Waals surface area contributed by atoms with Crippen LogP contribution in [0.1, 0.15) is 32.9 Å². The first-order valence-corrected chi connectivity index (χ1v) is 9.58. The van der Waals surface area contributed by atoms with E-state index in [1.165, 1.54) is 19.2 Å². The van der Waals surface area contributed by atoms with Crippen LogP contribution in [0.15, 0.2) is 48.5 Å². The predicted octanol–water partition coefficient (Wildman–Crippen LogP) is 4.63. The van der Waals surface area contributed by atoms with Crippen molar-refractivity contribution < 1.29 is 18.7 Å². The topological polar surface area (TPSA) is 64.2 Å². The van der Waals surface area contributed by atoms with E-state index in [1.54, 1.807) is 30.3 Å². The summed E-state index contributed by atoms with van der Waals surface area (Å²) in [4.78, 5) is 12.8. The summed E-state index contributed by atoms with van der Waals surface area (Å²) >= 11 is 0. The number of aromatic nitrogens is 1. The average Bonchev–Trinajstić information content (AvgIpc) is 3.05. The Balaban J connectivity index is 1.69.